The number of anilines is 1. The average Bonchev–Trinajstić information content (AvgIpc) is 3.49. The van der Waals surface area contributed by atoms with E-state index >= 15 is 0 Å². The van der Waals surface area contributed by atoms with Gasteiger partial charge in [-0.2, -0.15) is 11.3 Å². The largest absolute Gasteiger partial charge is 0.444 e. The molecular weight excluding hydrogens is 593 g/mol. The average molecular weight is 637 g/mol. The fourth-order valence-electron chi connectivity index (χ4n) is 6.26. The summed E-state index contributed by atoms with van der Waals surface area (Å²) in [5, 5.41) is 10.4. The third-order valence-corrected chi connectivity index (χ3v) is 10.7. The van der Waals surface area contributed by atoms with E-state index in [1.807, 2.05) is 43.6 Å². The molecule has 0 aliphatic heterocycles. The summed E-state index contributed by atoms with van der Waals surface area (Å²) in [7, 11) is 0.947. The molecule has 0 saturated heterocycles. The summed E-state index contributed by atoms with van der Waals surface area (Å²) in [5.41, 5.74) is 4.59. The second kappa shape index (κ2) is 13.5. The van der Waals surface area contributed by atoms with E-state index in [1.165, 1.54) is 0 Å². The van der Waals surface area contributed by atoms with Crippen molar-refractivity contribution in [1.29, 1.82) is 0 Å². The lowest BCUT2D eigenvalue weighted by atomic mass is 9.71. The van der Waals surface area contributed by atoms with Gasteiger partial charge in [-0.1, -0.05) is 24.3 Å². The molecule has 0 radical (unpaired) electrons. The molecule has 236 valence electrons. The van der Waals surface area contributed by atoms with Gasteiger partial charge in [-0.05, 0) is 106 Å². The van der Waals surface area contributed by atoms with Crippen LogP contribution in [0.25, 0.3) is 22.4 Å². The van der Waals surface area contributed by atoms with Crippen LogP contribution in [0.3, 0.4) is 0 Å². The third-order valence-electron chi connectivity index (χ3n) is 8.87. The number of aromatic nitrogens is 1. The Kier molecular flexibility index (Phi) is 9.92. The van der Waals surface area contributed by atoms with Crippen molar-refractivity contribution in [2.75, 3.05) is 18.6 Å². The molecule has 1 aromatic carbocycles. The van der Waals surface area contributed by atoms with E-state index in [0.29, 0.717) is 24.1 Å². The Morgan fingerprint density at radius 3 is 2.36 bits per heavy atom. The van der Waals surface area contributed by atoms with Gasteiger partial charge in [-0.25, -0.2) is 13.3 Å². The molecule has 2 aliphatic carbocycles. The topological polar surface area (TPSA) is 101 Å². The monoisotopic (exact) mass is 636 g/mol. The van der Waals surface area contributed by atoms with E-state index in [1.54, 1.807) is 23.8 Å². The van der Waals surface area contributed by atoms with Crippen LogP contribution in [0.5, 0.6) is 0 Å². The summed E-state index contributed by atoms with van der Waals surface area (Å²) in [6.45, 7) is 5.61. The number of alkyl carbamates (subject to hydrolysis) is 1. The minimum absolute atomic E-state index is 0.000622. The van der Waals surface area contributed by atoms with E-state index in [2.05, 4.69) is 46.3 Å². The van der Waals surface area contributed by atoms with Crippen LogP contribution in [0.2, 0.25) is 0 Å². The number of benzene rings is 1. The van der Waals surface area contributed by atoms with Gasteiger partial charge in [0, 0.05) is 36.9 Å². The molecular formula is C34H44N4O4S2. The number of nitrogens with zero attached hydrogens (tertiary/aromatic N) is 2. The Labute approximate surface area is 267 Å². The first-order valence-electron chi connectivity index (χ1n) is 15.4. The number of hydrogen-bond donors (Lipinski definition) is 2. The predicted octanol–water partition coefficient (Wildman–Crippen LogP) is 7.49. The zero-order valence-electron chi connectivity index (χ0n) is 26.4. The maximum atomic E-state index is 13.0. The fraction of sp³-hybridized carbons (Fsp3) is 0.500. The van der Waals surface area contributed by atoms with Crippen LogP contribution >= 0.6 is 11.3 Å². The first-order chi connectivity index (χ1) is 20.9. The van der Waals surface area contributed by atoms with E-state index in [4.69, 9.17) is 9.72 Å². The molecule has 2 fully saturated rings. The van der Waals surface area contributed by atoms with Crippen LogP contribution < -0.4 is 10.6 Å². The lowest BCUT2D eigenvalue weighted by Gasteiger charge is -2.43. The van der Waals surface area contributed by atoms with Crippen molar-refractivity contribution < 1.29 is 18.5 Å². The highest BCUT2D eigenvalue weighted by atomic mass is 32.2. The number of nitrogens with one attached hydrogen (secondary N) is 2. The third kappa shape index (κ3) is 7.76. The van der Waals surface area contributed by atoms with Crippen LogP contribution in [-0.2, 0) is 26.1 Å². The van der Waals surface area contributed by atoms with Crippen LogP contribution in [0, 0.1) is 5.92 Å². The number of carbonyl (C=O) groups excluding carboxylic acids is 2. The van der Waals surface area contributed by atoms with Crippen molar-refractivity contribution in [2.45, 2.75) is 89.3 Å². The van der Waals surface area contributed by atoms with Gasteiger partial charge in [0.1, 0.15) is 5.60 Å². The Bertz CT molecular complexity index is 1470. The van der Waals surface area contributed by atoms with Crippen molar-refractivity contribution in [3.63, 3.8) is 0 Å². The van der Waals surface area contributed by atoms with E-state index in [-0.39, 0.29) is 5.91 Å². The van der Waals surface area contributed by atoms with Gasteiger partial charge in [0.15, 0.2) is 0 Å². The van der Waals surface area contributed by atoms with Crippen LogP contribution in [0.1, 0.15) is 77.7 Å². The number of pyridine rings is 1. The molecule has 2 saturated carbocycles. The van der Waals surface area contributed by atoms with Crippen molar-refractivity contribution in [3.8, 4) is 22.4 Å². The Morgan fingerprint density at radius 2 is 1.80 bits per heavy atom. The molecule has 1 atom stereocenters. The molecule has 10 heteroatoms. The maximum Gasteiger partial charge on any atom is 0.408 e. The summed E-state index contributed by atoms with van der Waals surface area (Å²) >= 11 is 1.62. The molecule has 8 nitrogen and oxygen atoms in total. The number of rotatable bonds is 9. The first kappa shape index (κ1) is 32.3. The minimum Gasteiger partial charge on any atom is -0.444 e. The molecule has 2 aromatic heterocycles. The van der Waals surface area contributed by atoms with Crippen LogP contribution in [0.15, 0.2) is 53.4 Å². The Balaban J connectivity index is 1.28. The van der Waals surface area contributed by atoms with Crippen molar-refractivity contribution in [3.05, 3.63) is 58.9 Å². The lowest BCUT2D eigenvalue weighted by Crippen LogP contribution is -2.52. The Morgan fingerprint density at radius 1 is 1.09 bits per heavy atom. The zero-order chi connectivity index (χ0) is 31.5. The van der Waals surface area contributed by atoms with Crippen molar-refractivity contribution in [2.24, 2.45) is 5.92 Å². The number of amides is 2. The molecule has 44 heavy (non-hydrogen) atoms. The minimum atomic E-state index is -0.968. The Hall–Kier alpha value is -3.08. The summed E-state index contributed by atoms with van der Waals surface area (Å²) < 4.78 is 19.3. The lowest BCUT2D eigenvalue weighted by molar-refractivity contribution is -0.117. The predicted molar refractivity (Wildman–Crippen MR) is 179 cm³/mol. The molecule has 0 bridgehead atoms. The van der Waals surface area contributed by atoms with Gasteiger partial charge in [-0.15, -0.1) is 0 Å². The maximum absolute atomic E-state index is 13.0. The second-order valence-corrected chi connectivity index (χ2v) is 15.4. The molecule has 2 heterocycles. The second-order valence-electron chi connectivity index (χ2n) is 13.2. The van der Waals surface area contributed by atoms with E-state index in [9.17, 15) is 13.8 Å². The quantitative estimate of drug-likeness (QED) is 0.253. The van der Waals surface area contributed by atoms with Gasteiger partial charge in [0.2, 0.25) is 5.91 Å². The number of carbonyl (C=O) groups is 2. The molecule has 0 spiro atoms. The van der Waals surface area contributed by atoms with Gasteiger partial charge in [0.05, 0.1) is 34.1 Å². The normalized spacial score (nSPS) is 20.4. The van der Waals surface area contributed by atoms with E-state index in [0.717, 1.165) is 72.9 Å². The number of ether oxygens (including phenoxy) is 1. The smallest absolute Gasteiger partial charge is 0.408 e. The summed E-state index contributed by atoms with van der Waals surface area (Å²) in [4.78, 5) is 30.5. The zero-order valence-corrected chi connectivity index (χ0v) is 28.0. The summed E-state index contributed by atoms with van der Waals surface area (Å²) in [6, 6.07) is 12.7. The standard InChI is InChI=1S/C34H44N4O4S2/c1-33(2,3)42-32(40)37-34(16-6-17-34)26-11-9-24(10-12-26)31-29(25-15-18-43-22-25)20-27(21-35-31)36-30(39)19-23-7-13-28(14-8-23)38(4)44(5)41/h9-12,15,18,20-23,28H,6-8,13-14,16-17,19H2,1-5H3,(H,36,39)(H,37,40). The highest BCUT2D eigenvalue weighted by Crippen LogP contribution is 2.42. The SMILES string of the molecule is CN(C1CCC(CC(=O)Nc2cnc(-c3ccc(C4(NC(=O)OC(C)(C)C)CCC4)cc3)c(-c3ccsc3)c2)CC1)S(C)=O. The van der Waals surface area contributed by atoms with Crippen molar-refractivity contribution >= 4 is 40.0 Å². The molecule has 5 rings (SSSR count). The number of thiophene rings is 1. The molecule has 3 aromatic rings. The molecule has 2 amide bonds. The van der Waals surface area contributed by atoms with Gasteiger partial charge < -0.3 is 15.4 Å². The van der Waals surface area contributed by atoms with E-state index < -0.39 is 28.2 Å². The van der Waals surface area contributed by atoms with Crippen LogP contribution in [0.4, 0.5) is 10.5 Å². The van der Waals surface area contributed by atoms with Gasteiger partial charge >= 0.3 is 6.09 Å². The van der Waals surface area contributed by atoms with Gasteiger partial charge in [0.25, 0.3) is 0 Å². The number of hydrogen-bond acceptors (Lipinski definition) is 6. The molecule has 2 N–H and O–H groups in total. The van der Waals surface area contributed by atoms with Crippen LogP contribution in [-0.4, -0.2) is 50.4 Å². The fourth-order valence-corrected chi connectivity index (χ4v) is 7.55. The molecule has 1 unspecified atom stereocenters. The highest BCUT2D eigenvalue weighted by Gasteiger charge is 2.41. The van der Waals surface area contributed by atoms with Crippen molar-refractivity contribution in [1.82, 2.24) is 14.6 Å². The first-order valence-corrected chi connectivity index (χ1v) is 17.9. The highest BCUT2D eigenvalue weighted by molar-refractivity contribution is 7.81. The van der Waals surface area contributed by atoms with Gasteiger partial charge in [-0.3, -0.25) is 9.78 Å². The molecule has 2 aliphatic rings. The summed E-state index contributed by atoms with van der Waals surface area (Å²) in [5.74, 6) is 0.329. The summed E-state index contributed by atoms with van der Waals surface area (Å²) in [6.07, 6.45) is 10.2.